The first kappa shape index (κ1) is 17.0. The van der Waals surface area contributed by atoms with Crippen LogP contribution in [0.25, 0.3) is 11.3 Å². The summed E-state index contributed by atoms with van der Waals surface area (Å²) in [6.45, 7) is 1.94. The van der Waals surface area contributed by atoms with Gasteiger partial charge < -0.3 is 10.1 Å². The maximum Gasteiger partial charge on any atom is 0.257 e. The Hall–Kier alpha value is -2.79. The molecule has 0 atom stereocenters. The van der Waals surface area contributed by atoms with Gasteiger partial charge in [0.05, 0.1) is 34.8 Å². The number of nitrogens with zero attached hydrogens (tertiary/aromatic N) is 2. The fourth-order valence-electron chi connectivity index (χ4n) is 2.67. The number of hydrogen-bond donors (Lipinski definition) is 1. The number of anilines is 1. The molecule has 3 aromatic rings. The molecule has 0 fully saturated rings. The highest BCUT2D eigenvalue weighted by Crippen LogP contribution is 2.31. The number of carbonyl (C=O) groups excluding carboxylic acids is 1. The Morgan fingerprint density at radius 3 is 2.60 bits per heavy atom. The van der Waals surface area contributed by atoms with E-state index in [4.69, 9.17) is 16.3 Å². The summed E-state index contributed by atoms with van der Waals surface area (Å²) in [6.07, 6.45) is 0. The molecule has 5 nitrogen and oxygen atoms in total. The zero-order valence-electron chi connectivity index (χ0n) is 14.2. The Kier molecular flexibility index (Phi) is 4.76. The minimum Gasteiger partial charge on any atom is -0.495 e. The number of carbonyl (C=O) groups is 1. The molecule has 0 saturated heterocycles. The molecule has 0 unspecified atom stereocenters. The first-order chi connectivity index (χ1) is 12.0. The second-order valence-electron chi connectivity index (χ2n) is 5.64. The van der Waals surface area contributed by atoms with Crippen molar-refractivity contribution in [1.29, 1.82) is 0 Å². The van der Waals surface area contributed by atoms with Crippen molar-refractivity contribution >= 4 is 23.2 Å². The lowest BCUT2D eigenvalue weighted by Crippen LogP contribution is -2.13. The Morgan fingerprint density at radius 2 is 1.96 bits per heavy atom. The summed E-state index contributed by atoms with van der Waals surface area (Å²) < 4.78 is 7.26. The number of aryl methyl sites for hydroxylation is 2. The van der Waals surface area contributed by atoms with E-state index < -0.39 is 0 Å². The van der Waals surface area contributed by atoms with Gasteiger partial charge in [-0.25, -0.2) is 0 Å². The minimum absolute atomic E-state index is 0.284. The maximum absolute atomic E-state index is 12.5. The summed E-state index contributed by atoms with van der Waals surface area (Å²) >= 11 is 6.08. The Balaban J connectivity index is 1.91. The van der Waals surface area contributed by atoms with E-state index in [1.54, 1.807) is 31.4 Å². The van der Waals surface area contributed by atoms with Gasteiger partial charge in [-0.05, 0) is 37.3 Å². The van der Waals surface area contributed by atoms with E-state index in [0.29, 0.717) is 22.0 Å². The average molecular weight is 356 g/mol. The van der Waals surface area contributed by atoms with Gasteiger partial charge >= 0.3 is 0 Å². The topological polar surface area (TPSA) is 56.1 Å². The number of benzene rings is 2. The average Bonchev–Trinajstić information content (AvgIpc) is 2.94. The lowest BCUT2D eigenvalue weighted by Gasteiger charge is -2.13. The van der Waals surface area contributed by atoms with Crippen LogP contribution in [0.5, 0.6) is 5.75 Å². The highest BCUT2D eigenvalue weighted by molar-refractivity contribution is 6.34. The van der Waals surface area contributed by atoms with Gasteiger partial charge in [-0.15, -0.1) is 0 Å². The molecule has 0 aliphatic heterocycles. The van der Waals surface area contributed by atoms with Gasteiger partial charge in [0.1, 0.15) is 5.75 Å². The molecular weight excluding hydrogens is 338 g/mol. The normalized spacial score (nSPS) is 10.6. The van der Waals surface area contributed by atoms with Crippen LogP contribution in [0.3, 0.4) is 0 Å². The lowest BCUT2D eigenvalue weighted by molar-refractivity contribution is 0.102. The molecule has 3 rings (SSSR count). The van der Waals surface area contributed by atoms with Gasteiger partial charge in [0.2, 0.25) is 0 Å². The molecule has 0 saturated carbocycles. The first-order valence-corrected chi connectivity index (χ1v) is 8.12. The molecule has 1 N–H and O–H groups in total. The van der Waals surface area contributed by atoms with Crippen LogP contribution in [-0.2, 0) is 7.05 Å². The number of rotatable bonds is 4. The molecule has 0 aliphatic rings. The zero-order valence-corrected chi connectivity index (χ0v) is 15.0. The largest absolute Gasteiger partial charge is 0.495 e. The monoisotopic (exact) mass is 355 g/mol. The second-order valence-corrected chi connectivity index (χ2v) is 6.05. The van der Waals surface area contributed by atoms with Crippen LogP contribution in [0.2, 0.25) is 5.02 Å². The number of hydrogen-bond acceptors (Lipinski definition) is 3. The van der Waals surface area contributed by atoms with Crippen molar-refractivity contribution < 1.29 is 9.53 Å². The van der Waals surface area contributed by atoms with Crippen LogP contribution in [0, 0.1) is 6.92 Å². The maximum atomic E-state index is 12.5. The highest BCUT2D eigenvalue weighted by Gasteiger charge is 2.14. The molecule has 1 aromatic heterocycles. The molecule has 1 heterocycles. The van der Waals surface area contributed by atoms with Crippen molar-refractivity contribution in [3.05, 3.63) is 64.8 Å². The van der Waals surface area contributed by atoms with Crippen LogP contribution in [-0.4, -0.2) is 22.8 Å². The molecule has 6 heteroatoms. The number of methoxy groups -OCH3 is 1. The molecule has 2 aromatic carbocycles. The summed E-state index contributed by atoms with van der Waals surface area (Å²) in [7, 11) is 3.46. The zero-order chi connectivity index (χ0) is 18.0. The van der Waals surface area contributed by atoms with Crippen molar-refractivity contribution in [2.24, 2.45) is 7.05 Å². The van der Waals surface area contributed by atoms with Gasteiger partial charge in [0.15, 0.2) is 0 Å². The lowest BCUT2D eigenvalue weighted by atomic mass is 10.1. The number of ether oxygens (including phenoxy) is 1. The summed E-state index contributed by atoms with van der Waals surface area (Å²) in [5, 5.41) is 7.60. The van der Waals surface area contributed by atoms with Crippen LogP contribution in [0.15, 0.2) is 48.5 Å². The summed E-state index contributed by atoms with van der Waals surface area (Å²) in [4.78, 5) is 12.5. The summed E-state index contributed by atoms with van der Waals surface area (Å²) in [5.74, 6) is 0.282. The smallest absolute Gasteiger partial charge is 0.257 e. The molecule has 0 aliphatic carbocycles. The van der Waals surface area contributed by atoms with E-state index in [2.05, 4.69) is 10.4 Å². The van der Waals surface area contributed by atoms with Crippen molar-refractivity contribution in [1.82, 2.24) is 9.78 Å². The van der Waals surface area contributed by atoms with Crippen molar-refractivity contribution in [2.75, 3.05) is 12.4 Å². The SMILES string of the molecule is COc1cc(-c2cc(C)nn2C)ccc1NC(=O)c1ccccc1Cl. The van der Waals surface area contributed by atoms with Gasteiger partial charge in [-0.1, -0.05) is 29.8 Å². The van der Waals surface area contributed by atoms with Crippen LogP contribution in [0.1, 0.15) is 16.1 Å². The number of amides is 1. The van der Waals surface area contributed by atoms with Crippen molar-refractivity contribution in [3.8, 4) is 17.0 Å². The van der Waals surface area contributed by atoms with E-state index in [1.165, 1.54) is 0 Å². The van der Waals surface area contributed by atoms with Crippen molar-refractivity contribution in [2.45, 2.75) is 6.92 Å². The predicted molar refractivity (Wildman–Crippen MR) is 99.3 cm³/mol. The van der Waals surface area contributed by atoms with Gasteiger partial charge in [0.25, 0.3) is 5.91 Å². The fourth-order valence-corrected chi connectivity index (χ4v) is 2.89. The third-order valence-electron chi connectivity index (χ3n) is 3.87. The van der Waals surface area contributed by atoms with E-state index in [9.17, 15) is 4.79 Å². The Labute approximate surface area is 151 Å². The van der Waals surface area contributed by atoms with Crippen LogP contribution < -0.4 is 10.1 Å². The van der Waals surface area contributed by atoms with Gasteiger partial charge in [-0.2, -0.15) is 5.10 Å². The molecular formula is C19H18ClN3O2. The standard InChI is InChI=1S/C19H18ClN3O2/c1-12-10-17(23(2)22-12)13-8-9-16(18(11-13)25-3)21-19(24)14-6-4-5-7-15(14)20/h4-11H,1-3H3,(H,21,24). The predicted octanol–water partition coefficient (Wildman–Crippen LogP) is 4.31. The van der Waals surface area contributed by atoms with Gasteiger partial charge in [0, 0.05) is 12.6 Å². The number of nitrogens with one attached hydrogen (secondary N) is 1. The van der Waals surface area contributed by atoms with E-state index in [1.807, 2.05) is 42.9 Å². The van der Waals surface area contributed by atoms with Crippen molar-refractivity contribution in [3.63, 3.8) is 0 Å². The van der Waals surface area contributed by atoms with E-state index in [0.717, 1.165) is 17.0 Å². The highest BCUT2D eigenvalue weighted by atomic mass is 35.5. The second kappa shape index (κ2) is 6.99. The Bertz CT molecular complexity index is 934. The van der Waals surface area contributed by atoms with Crippen LogP contribution in [0.4, 0.5) is 5.69 Å². The van der Waals surface area contributed by atoms with E-state index in [-0.39, 0.29) is 5.91 Å². The first-order valence-electron chi connectivity index (χ1n) is 7.74. The molecule has 0 spiro atoms. The Morgan fingerprint density at radius 1 is 1.20 bits per heavy atom. The van der Waals surface area contributed by atoms with E-state index >= 15 is 0 Å². The van der Waals surface area contributed by atoms with Crippen LogP contribution >= 0.6 is 11.6 Å². The molecule has 25 heavy (non-hydrogen) atoms. The third kappa shape index (κ3) is 3.51. The molecule has 128 valence electrons. The molecule has 1 amide bonds. The fraction of sp³-hybridized carbons (Fsp3) is 0.158. The third-order valence-corrected chi connectivity index (χ3v) is 4.20. The summed E-state index contributed by atoms with van der Waals surface area (Å²) in [5.41, 5.74) is 3.86. The quantitative estimate of drug-likeness (QED) is 0.758. The van der Waals surface area contributed by atoms with Gasteiger partial charge in [-0.3, -0.25) is 9.48 Å². The molecule has 0 bridgehead atoms. The minimum atomic E-state index is -0.284. The molecule has 0 radical (unpaired) electrons. The summed E-state index contributed by atoms with van der Waals surface area (Å²) in [6, 6.07) is 14.5. The number of aromatic nitrogens is 2. The number of halogens is 1.